The van der Waals surface area contributed by atoms with Gasteiger partial charge in [-0.15, -0.1) is 11.3 Å². The minimum atomic E-state index is 0.495. The highest BCUT2D eigenvalue weighted by Gasteiger charge is 2.28. The summed E-state index contributed by atoms with van der Waals surface area (Å²) in [6.07, 6.45) is 3.73. The molecule has 1 saturated heterocycles. The van der Waals surface area contributed by atoms with Gasteiger partial charge in [0.1, 0.15) is 6.04 Å². The van der Waals surface area contributed by atoms with Gasteiger partial charge in [0.2, 0.25) is 0 Å². The third kappa shape index (κ3) is 4.56. The van der Waals surface area contributed by atoms with E-state index in [0.29, 0.717) is 11.2 Å². The van der Waals surface area contributed by atoms with Crippen molar-refractivity contribution in [3.8, 4) is 0 Å². The van der Waals surface area contributed by atoms with Crippen LogP contribution in [0.4, 0.5) is 5.69 Å². The van der Waals surface area contributed by atoms with Crippen molar-refractivity contribution in [2.24, 2.45) is 0 Å². The summed E-state index contributed by atoms with van der Waals surface area (Å²) in [5.74, 6) is 0. The number of hydrogen-bond donors (Lipinski definition) is 3. The molecule has 1 aliphatic rings. The minimum Gasteiger partial charge on any atom is -0.356 e. The number of nitrogens with one attached hydrogen (secondary N) is 3. The third-order valence-corrected chi connectivity index (χ3v) is 5.94. The van der Waals surface area contributed by atoms with E-state index in [1.54, 1.807) is 4.90 Å². The summed E-state index contributed by atoms with van der Waals surface area (Å²) in [7, 11) is 0. The molecule has 128 valence electrons. The average Bonchev–Trinajstić information content (AvgIpc) is 3.30. The van der Waals surface area contributed by atoms with Gasteiger partial charge in [-0.05, 0) is 47.8 Å². The lowest BCUT2D eigenvalue weighted by Gasteiger charge is -2.24. The number of aryl methyl sites for hydroxylation is 1. The molecule has 24 heavy (non-hydrogen) atoms. The van der Waals surface area contributed by atoms with Crippen LogP contribution in [0, 0.1) is 0 Å². The number of benzene rings is 1. The molecule has 1 aliphatic heterocycles. The Morgan fingerprint density at radius 3 is 2.58 bits per heavy atom. The summed E-state index contributed by atoms with van der Waals surface area (Å²) in [5.41, 5.74) is 2.39. The van der Waals surface area contributed by atoms with E-state index in [1.807, 2.05) is 11.3 Å². The predicted octanol–water partition coefficient (Wildman–Crippen LogP) is 3.02. The summed E-state index contributed by atoms with van der Waals surface area (Å²) < 4.78 is 0. The largest absolute Gasteiger partial charge is 0.356 e. The maximum atomic E-state index is 5.49. The van der Waals surface area contributed by atoms with Crippen LogP contribution < -0.4 is 15.5 Å². The van der Waals surface area contributed by atoms with E-state index in [9.17, 15) is 0 Å². The van der Waals surface area contributed by atoms with E-state index in [0.717, 1.165) is 18.7 Å². The van der Waals surface area contributed by atoms with Crippen LogP contribution in [0.25, 0.3) is 0 Å². The second-order valence-corrected chi connectivity index (χ2v) is 7.71. The average molecular weight is 361 g/mol. The fourth-order valence-electron chi connectivity index (χ4n) is 3.31. The Kier molecular flexibility index (Phi) is 6.24. The molecule has 1 aromatic heterocycles. The van der Waals surface area contributed by atoms with Crippen molar-refractivity contribution in [2.45, 2.75) is 32.2 Å². The first-order valence-electron chi connectivity index (χ1n) is 8.78. The quantitative estimate of drug-likeness (QED) is 0.692. The maximum absolute atomic E-state index is 5.49. The summed E-state index contributed by atoms with van der Waals surface area (Å²) in [5, 5.41) is 9.61. The Morgan fingerprint density at radius 2 is 1.96 bits per heavy atom. The molecule has 0 radical (unpaired) electrons. The van der Waals surface area contributed by atoms with Gasteiger partial charge >= 0.3 is 0 Å². The lowest BCUT2D eigenvalue weighted by atomic mass is 10.1. The molecule has 3 nitrogen and oxygen atoms in total. The van der Waals surface area contributed by atoms with Gasteiger partial charge in [-0.2, -0.15) is 0 Å². The molecule has 5 heteroatoms. The molecule has 0 unspecified atom stereocenters. The molecule has 0 spiro atoms. The standard InChI is InChI=1S/C19H25N3S2/c1-2-15-7-9-16(10-8-15)21-19(23)20-14-17(18-6-5-13-24-18)22-11-3-4-12-22/h5-10,13,17H,2-4,11-12,14H2,1H3,(H2,20,21,23)/p+1/t17-/m1/s1. The van der Waals surface area contributed by atoms with E-state index >= 15 is 0 Å². The van der Waals surface area contributed by atoms with Gasteiger partial charge in [0.05, 0.1) is 24.5 Å². The van der Waals surface area contributed by atoms with Crippen LogP contribution in [-0.4, -0.2) is 24.7 Å². The van der Waals surface area contributed by atoms with Crippen molar-refractivity contribution in [1.82, 2.24) is 5.32 Å². The highest BCUT2D eigenvalue weighted by atomic mass is 32.1. The van der Waals surface area contributed by atoms with Crippen LogP contribution in [0.2, 0.25) is 0 Å². The molecular weight excluding hydrogens is 334 g/mol. The maximum Gasteiger partial charge on any atom is 0.171 e. The number of hydrogen-bond acceptors (Lipinski definition) is 2. The van der Waals surface area contributed by atoms with Crippen LogP contribution in [0.5, 0.6) is 0 Å². The zero-order chi connectivity index (χ0) is 16.8. The first-order chi connectivity index (χ1) is 11.8. The molecule has 2 aromatic rings. The van der Waals surface area contributed by atoms with Gasteiger partial charge in [0.25, 0.3) is 0 Å². The number of quaternary nitrogens is 1. The minimum absolute atomic E-state index is 0.495. The van der Waals surface area contributed by atoms with Crippen molar-refractivity contribution < 1.29 is 4.90 Å². The van der Waals surface area contributed by atoms with E-state index in [1.165, 1.54) is 36.4 Å². The van der Waals surface area contributed by atoms with Crippen LogP contribution in [0.1, 0.15) is 36.2 Å². The SMILES string of the molecule is CCc1ccc(NC(=S)NC[C@H](c2cccs2)[NH+]2CCCC2)cc1. The zero-order valence-corrected chi connectivity index (χ0v) is 15.8. The van der Waals surface area contributed by atoms with Crippen LogP contribution in [-0.2, 0) is 6.42 Å². The Labute approximate surface area is 154 Å². The second kappa shape index (κ2) is 8.60. The number of thiocarbonyl (C=S) groups is 1. The van der Waals surface area contributed by atoms with Gasteiger partial charge in [0, 0.05) is 18.5 Å². The van der Waals surface area contributed by atoms with Crippen molar-refractivity contribution in [2.75, 3.05) is 25.0 Å². The lowest BCUT2D eigenvalue weighted by molar-refractivity contribution is -0.918. The highest BCUT2D eigenvalue weighted by Crippen LogP contribution is 2.17. The Balaban J connectivity index is 1.56. The van der Waals surface area contributed by atoms with E-state index < -0.39 is 0 Å². The number of likely N-dealkylation sites (tertiary alicyclic amines) is 1. The summed E-state index contributed by atoms with van der Waals surface area (Å²) >= 11 is 7.34. The fourth-order valence-corrected chi connectivity index (χ4v) is 4.39. The van der Waals surface area contributed by atoms with E-state index in [-0.39, 0.29) is 0 Å². The second-order valence-electron chi connectivity index (χ2n) is 6.32. The van der Waals surface area contributed by atoms with Crippen molar-refractivity contribution in [1.29, 1.82) is 0 Å². The molecule has 0 saturated carbocycles. The Hall–Kier alpha value is -1.43. The van der Waals surface area contributed by atoms with Crippen LogP contribution in [0.3, 0.4) is 0 Å². The van der Waals surface area contributed by atoms with Gasteiger partial charge in [-0.1, -0.05) is 25.1 Å². The van der Waals surface area contributed by atoms with E-state index in [2.05, 4.69) is 59.3 Å². The summed E-state index contributed by atoms with van der Waals surface area (Å²) in [6, 6.07) is 13.4. The fraction of sp³-hybridized carbons (Fsp3) is 0.421. The zero-order valence-electron chi connectivity index (χ0n) is 14.2. The third-order valence-electron chi connectivity index (χ3n) is 4.71. The van der Waals surface area contributed by atoms with Gasteiger partial charge in [-0.3, -0.25) is 0 Å². The molecule has 2 heterocycles. The van der Waals surface area contributed by atoms with Gasteiger partial charge < -0.3 is 15.5 Å². The summed E-state index contributed by atoms with van der Waals surface area (Å²) in [6.45, 7) is 5.58. The molecule has 1 aromatic carbocycles. The Bertz CT molecular complexity index is 631. The van der Waals surface area contributed by atoms with E-state index in [4.69, 9.17) is 12.2 Å². The molecule has 0 aliphatic carbocycles. The number of rotatable bonds is 6. The van der Waals surface area contributed by atoms with Gasteiger partial charge in [0.15, 0.2) is 5.11 Å². The first-order valence-corrected chi connectivity index (χ1v) is 10.1. The summed E-state index contributed by atoms with van der Waals surface area (Å²) in [4.78, 5) is 3.13. The normalized spacial score (nSPS) is 16.0. The molecular formula is C19H26N3S2+. The molecule has 1 fully saturated rings. The number of anilines is 1. The molecule has 1 atom stereocenters. The molecule has 0 bridgehead atoms. The van der Waals surface area contributed by atoms with Crippen molar-refractivity contribution in [3.05, 3.63) is 52.2 Å². The van der Waals surface area contributed by atoms with Crippen molar-refractivity contribution >= 4 is 34.4 Å². The monoisotopic (exact) mass is 360 g/mol. The topological polar surface area (TPSA) is 28.5 Å². The molecule has 0 amide bonds. The van der Waals surface area contributed by atoms with Crippen LogP contribution in [0.15, 0.2) is 41.8 Å². The first kappa shape index (κ1) is 17.4. The number of thiophene rings is 1. The molecule has 3 N–H and O–H groups in total. The predicted molar refractivity (Wildman–Crippen MR) is 107 cm³/mol. The smallest absolute Gasteiger partial charge is 0.171 e. The van der Waals surface area contributed by atoms with Gasteiger partial charge in [-0.25, -0.2) is 0 Å². The Morgan fingerprint density at radius 1 is 1.21 bits per heavy atom. The van der Waals surface area contributed by atoms with Crippen LogP contribution >= 0.6 is 23.6 Å². The van der Waals surface area contributed by atoms with Crippen molar-refractivity contribution in [3.63, 3.8) is 0 Å². The lowest BCUT2D eigenvalue weighted by Crippen LogP contribution is -3.11. The molecule has 3 rings (SSSR count). The highest BCUT2D eigenvalue weighted by molar-refractivity contribution is 7.80.